The predicted octanol–water partition coefficient (Wildman–Crippen LogP) is 1.66. The highest BCUT2D eigenvalue weighted by Crippen LogP contribution is 2.21. The first-order chi connectivity index (χ1) is 10.5. The molecule has 1 heterocycles. The van der Waals surface area contributed by atoms with Gasteiger partial charge in [-0.2, -0.15) is 0 Å². The quantitative estimate of drug-likeness (QED) is 0.829. The first kappa shape index (κ1) is 17.3. The van der Waals surface area contributed by atoms with Crippen LogP contribution < -0.4 is 11.1 Å². The number of nitrogens with one attached hydrogen (secondary N) is 1. The second-order valence-corrected chi connectivity index (χ2v) is 7.05. The number of nitrogens with two attached hydrogens (primary N) is 1. The Hall–Kier alpha value is -1.10. The number of hydrogen-bond donors (Lipinski definition) is 2. The van der Waals surface area contributed by atoms with Crippen molar-refractivity contribution in [3.05, 3.63) is 0 Å². The Bertz CT molecular complexity index is 391. The Morgan fingerprint density at radius 1 is 1.23 bits per heavy atom. The smallest absolute Gasteiger partial charge is 0.225 e. The standard InChI is InChI=1S/C17H31N3O2/c1-3-12(2)17(22)20-10-4-5-13(11-20)16(21)19-15-8-6-14(18)7-9-15/h12-15H,3-11,18H2,1-2H3,(H,19,21). The lowest BCUT2D eigenvalue weighted by molar-refractivity contribution is -0.139. The number of piperidine rings is 1. The van der Waals surface area contributed by atoms with Crippen molar-refractivity contribution in [2.45, 2.75) is 70.9 Å². The molecule has 1 aliphatic heterocycles. The summed E-state index contributed by atoms with van der Waals surface area (Å²) >= 11 is 0. The summed E-state index contributed by atoms with van der Waals surface area (Å²) in [6.07, 6.45) is 6.62. The molecule has 22 heavy (non-hydrogen) atoms. The van der Waals surface area contributed by atoms with Crippen LogP contribution in [0.25, 0.3) is 0 Å². The van der Waals surface area contributed by atoms with E-state index >= 15 is 0 Å². The first-order valence-corrected chi connectivity index (χ1v) is 8.86. The van der Waals surface area contributed by atoms with Crippen molar-refractivity contribution < 1.29 is 9.59 Å². The third-order valence-corrected chi connectivity index (χ3v) is 5.26. The van der Waals surface area contributed by atoms with Gasteiger partial charge in [0.1, 0.15) is 0 Å². The van der Waals surface area contributed by atoms with Crippen LogP contribution in [0.4, 0.5) is 0 Å². The highest BCUT2D eigenvalue weighted by molar-refractivity contribution is 5.82. The zero-order chi connectivity index (χ0) is 16.1. The van der Waals surface area contributed by atoms with Gasteiger partial charge in [0.05, 0.1) is 5.92 Å². The number of carbonyl (C=O) groups excluding carboxylic acids is 2. The first-order valence-electron chi connectivity index (χ1n) is 8.86. The molecule has 0 aromatic rings. The minimum Gasteiger partial charge on any atom is -0.353 e. The number of amides is 2. The molecule has 0 radical (unpaired) electrons. The molecule has 2 amide bonds. The molecule has 2 fully saturated rings. The van der Waals surface area contributed by atoms with E-state index in [0.717, 1.165) is 51.5 Å². The van der Waals surface area contributed by atoms with Gasteiger partial charge in [-0.1, -0.05) is 13.8 Å². The molecule has 5 nitrogen and oxygen atoms in total. The summed E-state index contributed by atoms with van der Waals surface area (Å²) in [5.74, 6) is 0.338. The van der Waals surface area contributed by atoms with Crippen molar-refractivity contribution in [3.63, 3.8) is 0 Å². The van der Waals surface area contributed by atoms with Crippen molar-refractivity contribution in [1.29, 1.82) is 0 Å². The summed E-state index contributed by atoms with van der Waals surface area (Å²) in [4.78, 5) is 26.7. The van der Waals surface area contributed by atoms with Gasteiger partial charge in [-0.15, -0.1) is 0 Å². The van der Waals surface area contributed by atoms with Gasteiger partial charge in [0, 0.05) is 31.1 Å². The van der Waals surface area contributed by atoms with Crippen LogP contribution in [0.5, 0.6) is 0 Å². The fourth-order valence-electron chi connectivity index (χ4n) is 3.46. The molecule has 2 aliphatic rings. The molecule has 0 aromatic heterocycles. The van der Waals surface area contributed by atoms with Gasteiger partial charge in [-0.05, 0) is 44.9 Å². The van der Waals surface area contributed by atoms with Gasteiger partial charge in [0.15, 0.2) is 0 Å². The molecule has 1 saturated carbocycles. The fraction of sp³-hybridized carbons (Fsp3) is 0.882. The molecule has 1 saturated heterocycles. The summed E-state index contributed by atoms with van der Waals surface area (Å²) < 4.78 is 0. The molecule has 0 aromatic carbocycles. The number of nitrogens with zero attached hydrogens (tertiary/aromatic N) is 1. The zero-order valence-corrected chi connectivity index (χ0v) is 14.0. The second kappa shape index (κ2) is 7.95. The molecule has 2 unspecified atom stereocenters. The van der Waals surface area contributed by atoms with Gasteiger partial charge in [0.2, 0.25) is 11.8 Å². The van der Waals surface area contributed by atoms with Gasteiger partial charge < -0.3 is 16.0 Å². The van der Waals surface area contributed by atoms with Gasteiger partial charge >= 0.3 is 0 Å². The summed E-state index contributed by atoms with van der Waals surface area (Å²) in [5.41, 5.74) is 5.91. The topological polar surface area (TPSA) is 75.4 Å². The normalized spacial score (nSPS) is 30.7. The summed E-state index contributed by atoms with van der Waals surface area (Å²) in [6, 6.07) is 0.569. The van der Waals surface area contributed by atoms with E-state index < -0.39 is 0 Å². The van der Waals surface area contributed by atoms with E-state index in [1.165, 1.54) is 0 Å². The molecular formula is C17H31N3O2. The van der Waals surface area contributed by atoms with E-state index in [9.17, 15) is 9.59 Å². The predicted molar refractivity (Wildman–Crippen MR) is 87.1 cm³/mol. The van der Waals surface area contributed by atoms with E-state index in [1.807, 2.05) is 18.7 Å². The minimum absolute atomic E-state index is 0.0441. The molecule has 3 N–H and O–H groups in total. The monoisotopic (exact) mass is 309 g/mol. The van der Waals surface area contributed by atoms with Crippen LogP contribution >= 0.6 is 0 Å². The maximum atomic E-state index is 12.5. The fourth-order valence-corrected chi connectivity index (χ4v) is 3.46. The van der Waals surface area contributed by atoms with E-state index in [1.54, 1.807) is 0 Å². The van der Waals surface area contributed by atoms with Crippen molar-refractivity contribution in [1.82, 2.24) is 10.2 Å². The Balaban J connectivity index is 1.83. The van der Waals surface area contributed by atoms with Crippen LogP contribution in [0.2, 0.25) is 0 Å². The molecule has 2 rings (SSSR count). The van der Waals surface area contributed by atoms with Crippen molar-refractivity contribution >= 4 is 11.8 Å². The number of hydrogen-bond acceptors (Lipinski definition) is 3. The average molecular weight is 309 g/mol. The van der Waals surface area contributed by atoms with E-state index in [2.05, 4.69) is 5.32 Å². The van der Waals surface area contributed by atoms with Gasteiger partial charge in [0.25, 0.3) is 0 Å². The van der Waals surface area contributed by atoms with Crippen LogP contribution in [-0.4, -0.2) is 41.9 Å². The van der Waals surface area contributed by atoms with Crippen molar-refractivity contribution in [2.75, 3.05) is 13.1 Å². The lowest BCUT2D eigenvalue weighted by Gasteiger charge is -2.35. The van der Waals surface area contributed by atoms with Crippen LogP contribution in [0.3, 0.4) is 0 Å². The maximum Gasteiger partial charge on any atom is 0.225 e. The van der Waals surface area contributed by atoms with Crippen molar-refractivity contribution in [2.24, 2.45) is 17.6 Å². The van der Waals surface area contributed by atoms with Crippen LogP contribution in [0, 0.1) is 11.8 Å². The molecule has 0 bridgehead atoms. The molecule has 1 aliphatic carbocycles. The number of rotatable bonds is 4. The molecule has 2 atom stereocenters. The number of likely N-dealkylation sites (tertiary alicyclic amines) is 1. The Morgan fingerprint density at radius 2 is 1.91 bits per heavy atom. The van der Waals surface area contributed by atoms with Gasteiger partial charge in [-0.3, -0.25) is 9.59 Å². The van der Waals surface area contributed by atoms with Crippen molar-refractivity contribution in [3.8, 4) is 0 Å². The van der Waals surface area contributed by atoms with Crippen LogP contribution in [-0.2, 0) is 9.59 Å². The lowest BCUT2D eigenvalue weighted by atomic mass is 9.90. The zero-order valence-electron chi connectivity index (χ0n) is 14.0. The highest BCUT2D eigenvalue weighted by Gasteiger charge is 2.31. The Kier molecular flexibility index (Phi) is 6.24. The third kappa shape index (κ3) is 4.45. The average Bonchev–Trinajstić information content (AvgIpc) is 2.55. The second-order valence-electron chi connectivity index (χ2n) is 7.05. The Morgan fingerprint density at radius 3 is 2.55 bits per heavy atom. The minimum atomic E-state index is -0.0441. The lowest BCUT2D eigenvalue weighted by Crippen LogP contribution is -2.49. The van der Waals surface area contributed by atoms with Crippen LogP contribution in [0.15, 0.2) is 0 Å². The molecule has 0 spiro atoms. The third-order valence-electron chi connectivity index (χ3n) is 5.26. The molecule has 5 heteroatoms. The van der Waals surface area contributed by atoms with E-state index in [4.69, 9.17) is 5.73 Å². The molecule has 126 valence electrons. The largest absolute Gasteiger partial charge is 0.353 e. The highest BCUT2D eigenvalue weighted by atomic mass is 16.2. The number of carbonyl (C=O) groups is 2. The summed E-state index contributed by atoms with van der Waals surface area (Å²) in [7, 11) is 0. The SMILES string of the molecule is CCC(C)C(=O)N1CCCC(C(=O)NC2CCC(N)CC2)C1. The Labute approximate surface area is 134 Å². The summed E-state index contributed by atoms with van der Waals surface area (Å²) in [5, 5.41) is 3.18. The summed E-state index contributed by atoms with van der Waals surface area (Å²) in [6.45, 7) is 5.38. The molecular weight excluding hydrogens is 278 g/mol. The van der Waals surface area contributed by atoms with Crippen LogP contribution in [0.1, 0.15) is 58.8 Å². The van der Waals surface area contributed by atoms with E-state index in [0.29, 0.717) is 12.6 Å². The van der Waals surface area contributed by atoms with Gasteiger partial charge in [-0.25, -0.2) is 0 Å². The van der Waals surface area contributed by atoms with E-state index in [-0.39, 0.29) is 29.7 Å². The maximum absolute atomic E-state index is 12.5.